The molecule has 1 heterocycles. The van der Waals surface area contributed by atoms with Gasteiger partial charge in [-0.15, -0.1) is 0 Å². The third-order valence-corrected chi connectivity index (χ3v) is 5.03. The number of rotatable bonds is 4. The number of amidine groups is 1. The molecule has 0 aliphatic carbocycles. The molecule has 0 bridgehead atoms. The lowest BCUT2D eigenvalue weighted by atomic mass is 10.2. The minimum absolute atomic E-state index is 0.0918. The van der Waals surface area contributed by atoms with Crippen LogP contribution in [0.4, 0.5) is 5.69 Å². The Morgan fingerprint density at radius 3 is 2.44 bits per heavy atom. The Balaban J connectivity index is 1.91. The highest BCUT2D eigenvalue weighted by molar-refractivity contribution is 8.15. The number of carbonyl (C=O) groups excluding carboxylic acids is 2. The van der Waals surface area contributed by atoms with E-state index in [0.717, 1.165) is 11.3 Å². The molecule has 0 saturated carbocycles. The van der Waals surface area contributed by atoms with E-state index < -0.39 is 5.25 Å². The van der Waals surface area contributed by atoms with E-state index in [-0.39, 0.29) is 18.2 Å². The summed E-state index contributed by atoms with van der Waals surface area (Å²) in [7, 11) is 1.58. The number of benzene rings is 2. The summed E-state index contributed by atoms with van der Waals surface area (Å²) in [5.74, 6) is -0.246. The number of thioether (sulfide) groups is 1. The van der Waals surface area contributed by atoms with E-state index in [1.54, 1.807) is 11.9 Å². The normalized spacial score (nSPS) is 19.1. The molecule has 25 heavy (non-hydrogen) atoms. The maximum absolute atomic E-state index is 12.7. The minimum Gasteiger partial charge on any atom is -0.358 e. The first-order chi connectivity index (χ1) is 12.2. The number of amides is 2. The molecule has 0 radical (unpaired) electrons. The zero-order valence-corrected chi connectivity index (χ0v) is 14.7. The van der Waals surface area contributed by atoms with Gasteiger partial charge in [-0.25, -0.2) is 4.99 Å². The van der Waals surface area contributed by atoms with Crippen LogP contribution in [-0.4, -0.2) is 34.2 Å². The lowest BCUT2D eigenvalue weighted by molar-refractivity contribution is -0.130. The summed E-state index contributed by atoms with van der Waals surface area (Å²) < 4.78 is 0. The molecule has 128 valence electrons. The van der Waals surface area contributed by atoms with Crippen molar-refractivity contribution in [3.05, 3.63) is 66.2 Å². The summed E-state index contributed by atoms with van der Waals surface area (Å²) in [6.45, 7) is 0.443. The summed E-state index contributed by atoms with van der Waals surface area (Å²) in [6.07, 6.45) is 0.172. The predicted octanol–water partition coefficient (Wildman–Crippen LogP) is 2.95. The molecule has 1 aliphatic rings. The third-order valence-electron chi connectivity index (χ3n) is 3.84. The van der Waals surface area contributed by atoms with E-state index in [1.807, 2.05) is 60.7 Å². The fraction of sp³-hybridized carbons (Fsp3) is 0.211. The number of hydrogen-bond donors (Lipinski definition) is 1. The number of nitrogens with zero attached hydrogens (tertiary/aromatic N) is 2. The fourth-order valence-electron chi connectivity index (χ4n) is 2.54. The van der Waals surface area contributed by atoms with Crippen LogP contribution in [0.2, 0.25) is 0 Å². The predicted molar refractivity (Wildman–Crippen MR) is 101 cm³/mol. The Morgan fingerprint density at radius 1 is 1.16 bits per heavy atom. The zero-order valence-electron chi connectivity index (χ0n) is 13.9. The van der Waals surface area contributed by atoms with Crippen molar-refractivity contribution >= 4 is 34.4 Å². The molecule has 5 nitrogen and oxygen atoms in total. The SMILES string of the molecule is CNC(=O)[C@@H]1CC(=O)N(Cc2ccccc2)C(=Nc2ccccc2)S1. The molecule has 2 aromatic rings. The second-order valence-electron chi connectivity index (χ2n) is 5.62. The summed E-state index contributed by atoms with van der Waals surface area (Å²) >= 11 is 1.33. The van der Waals surface area contributed by atoms with Crippen LogP contribution in [0.15, 0.2) is 65.7 Å². The van der Waals surface area contributed by atoms with Crippen LogP contribution in [0.3, 0.4) is 0 Å². The summed E-state index contributed by atoms with van der Waals surface area (Å²) in [4.78, 5) is 31.0. The van der Waals surface area contributed by atoms with Crippen LogP contribution < -0.4 is 5.32 Å². The van der Waals surface area contributed by atoms with Gasteiger partial charge >= 0.3 is 0 Å². The monoisotopic (exact) mass is 353 g/mol. The van der Waals surface area contributed by atoms with Crippen LogP contribution in [0, 0.1) is 0 Å². The number of hydrogen-bond acceptors (Lipinski definition) is 4. The van der Waals surface area contributed by atoms with Gasteiger partial charge in [-0.1, -0.05) is 60.3 Å². The highest BCUT2D eigenvalue weighted by Crippen LogP contribution is 2.30. The zero-order chi connectivity index (χ0) is 17.6. The van der Waals surface area contributed by atoms with Gasteiger partial charge in [-0.05, 0) is 17.7 Å². The lowest BCUT2D eigenvalue weighted by Crippen LogP contribution is -2.45. The fourth-order valence-corrected chi connectivity index (χ4v) is 3.69. The molecule has 0 unspecified atom stereocenters. The Bertz CT molecular complexity index is 778. The molecular formula is C19H19N3O2S. The number of para-hydroxylation sites is 1. The standard InChI is InChI=1S/C19H19N3O2S/c1-20-18(24)16-12-17(23)22(13-14-8-4-2-5-9-14)19(25-16)21-15-10-6-3-7-11-15/h2-11,16H,12-13H2,1H3,(H,20,24)/t16-/m0/s1. The molecule has 1 fully saturated rings. The number of aliphatic imine (C=N–C) groups is 1. The Morgan fingerprint density at radius 2 is 1.80 bits per heavy atom. The first-order valence-corrected chi connectivity index (χ1v) is 8.91. The minimum atomic E-state index is -0.452. The van der Waals surface area contributed by atoms with Crippen LogP contribution >= 0.6 is 11.8 Å². The Kier molecular flexibility index (Phi) is 5.50. The van der Waals surface area contributed by atoms with E-state index >= 15 is 0 Å². The molecule has 1 saturated heterocycles. The van der Waals surface area contributed by atoms with Gasteiger partial charge in [0.05, 0.1) is 17.5 Å². The van der Waals surface area contributed by atoms with Gasteiger partial charge in [0.15, 0.2) is 5.17 Å². The molecule has 6 heteroatoms. The summed E-state index contributed by atoms with van der Waals surface area (Å²) in [5.41, 5.74) is 1.78. The van der Waals surface area contributed by atoms with Crippen molar-refractivity contribution in [1.29, 1.82) is 0 Å². The Hall–Kier alpha value is -2.60. The van der Waals surface area contributed by atoms with Crippen LogP contribution in [0.1, 0.15) is 12.0 Å². The Labute approximate surface area is 151 Å². The summed E-state index contributed by atoms with van der Waals surface area (Å²) in [5, 5.41) is 2.72. The smallest absolute Gasteiger partial charge is 0.233 e. The van der Waals surface area contributed by atoms with Gasteiger partial charge < -0.3 is 5.32 Å². The van der Waals surface area contributed by atoms with Crippen molar-refractivity contribution < 1.29 is 9.59 Å². The lowest BCUT2D eigenvalue weighted by Gasteiger charge is -2.31. The van der Waals surface area contributed by atoms with Crippen molar-refractivity contribution in [3.8, 4) is 0 Å². The van der Waals surface area contributed by atoms with Gasteiger partial charge in [-0.2, -0.15) is 0 Å². The van der Waals surface area contributed by atoms with E-state index in [9.17, 15) is 9.59 Å². The molecule has 1 N–H and O–H groups in total. The maximum Gasteiger partial charge on any atom is 0.233 e. The van der Waals surface area contributed by atoms with E-state index in [4.69, 9.17) is 0 Å². The molecular weight excluding hydrogens is 334 g/mol. The molecule has 0 aromatic heterocycles. The van der Waals surface area contributed by atoms with Crippen molar-refractivity contribution in [2.75, 3.05) is 7.05 Å². The number of carbonyl (C=O) groups is 2. The number of nitrogens with one attached hydrogen (secondary N) is 1. The average molecular weight is 353 g/mol. The molecule has 3 rings (SSSR count). The molecule has 1 aliphatic heterocycles. The van der Waals surface area contributed by atoms with Gasteiger partial charge in [0.1, 0.15) is 0 Å². The van der Waals surface area contributed by atoms with E-state index in [2.05, 4.69) is 10.3 Å². The molecule has 2 amide bonds. The van der Waals surface area contributed by atoms with Gasteiger partial charge in [0.25, 0.3) is 0 Å². The largest absolute Gasteiger partial charge is 0.358 e. The van der Waals surface area contributed by atoms with Gasteiger partial charge in [-0.3, -0.25) is 14.5 Å². The molecule has 1 atom stereocenters. The topological polar surface area (TPSA) is 61.8 Å². The molecule has 0 spiro atoms. The first kappa shape index (κ1) is 17.2. The van der Waals surface area contributed by atoms with Crippen LogP contribution in [-0.2, 0) is 16.1 Å². The van der Waals surface area contributed by atoms with Crippen molar-refractivity contribution in [2.24, 2.45) is 4.99 Å². The van der Waals surface area contributed by atoms with Crippen molar-refractivity contribution in [1.82, 2.24) is 10.2 Å². The van der Waals surface area contributed by atoms with Crippen molar-refractivity contribution in [3.63, 3.8) is 0 Å². The van der Waals surface area contributed by atoms with Crippen LogP contribution in [0.5, 0.6) is 0 Å². The van der Waals surface area contributed by atoms with Crippen molar-refractivity contribution in [2.45, 2.75) is 18.2 Å². The third kappa shape index (κ3) is 4.28. The second-order valence-corrected chi connectivity index (χ2v) is 6.79. The van der Waals surface area contributed by atoms with Crippen LogP contribution in [0.25, 0.3) is 0 Å². The maximum atomic E-state index is 12.7. The van der Waals surface area contributed by atoms with E-state index in [0.29, 0.717) is 11.7 Å². The van der Waals surface area contributed by atoms with E-state index in [1.165, 1.54) is 11.8 Å². The molecule has 2 aromatic carbocycles. The quantitative estimate of drug-likeness (QED) is 0.919. The van der Waals surface area contributed by atoms with Gasteiger partial charge in [0.2, 0.25) is 11.8 Å². The average Bonchev–Trinajstić information content (AvgIpc) is 2.65. The first-order valence-electron chi connectivity index (χ1n) is 8.03. The second kappa shape index (κ2) is 7.98. The summed E-state index contributed by atoms with van der Waals surface area (Å²) in [6, 6.07) is 19.2. The van der Waals surface area contributed by atoms with Gasteiger partial charge in [0, 0.05) is 13.5 Å². The highest BCUT2D eigenvalue weighted by Gasteiger charge is 2.35. The highest BCUT2D eigenvalue weighted by atomic mass is 32.2.